The Kier molecular flexibility index (Phi) is 23.3. The molecule has 0 aliphatic heterocycles. The van der Waals surface area contributed by atoms with Crippen LogP contribution in [-0.4, -0.2) is 29.9 Å². The molecular weight excluding hydrogens is 363 g/mol. The summed E-state index contributed by atoms with van der Waals surface area (Å²) < 4.78 is 34.1. The Morgan fingerprint density at radius 2 is 1.08 bits per heavy atom. The summed E-state index contributed by atoms with van der Waals surface area (Å²) in [6.45, 7) is 2.45. The van der Waals surface area contributed by atoms with Crippen LogP contribution in [0.4, 0.5) is 0 Å². The van der Waals surface area contributed by atoms with E-state index in [1.165, 1.54) is 38.5 Å². The third-order valence-electron chi connectivity index (χ3n) is 4.72. The van der Waals surface area contributed by atoms with E-state index in [1.54, 1.807) is 0 Å². The van der Waals surface area contributed by atoms with Crippen LogP contribution < -0.4 is 51.4 Å². The molecule has 0 rings (SSSR count). The van der Waals surface area contributed by atoms with Crippen molar-refractivity contribution in [2.45, 2.75) is 115 Å². The number of rotatable bonds is 18. The van der Waals surface area contributed by atoms with Gasteiger partial charge in [0.1, 0.15) is 0 Å². The summed E-state index contributed by atoms with van der Waals surface area (Å²) in [6, 6.07) is 0. The van der Waals surface area contributed by atoms with Gasteiger partial charge in [0.2, 0.25) is 0 Å². The van der Waals surface area contributed by atoms with E-state index in [-0.39, 0.29) is 51.4 Å². The van der Waals surface area contributed by atoms with Crippen molar-refractivity contribution in [2.75, 3.05) is 6.61 Å². The molecule has 0 aliphatic rings. The van der Waals surface area contributed by atoms with Crippen LogP contribution >= 0.6 is 0 Å². The summed E-state index contributed by atoms with van der Waals surface area (Å²) in [5.41, 5.74) is 0. The minimum absolute atomic E-state index is 0. The van der Waals surface area contributed by atoms with Crippen molar-refractivity contribution in [2.24, 2.45) is 0 Å². The fourth-order valence-corrected chi connectivity index (χ4v) is 4.04. The molecule has 0 bridgehead atoms. The van der Waals surface area contributed by atoms with E-state index in [1.807, 2.05) is 0 Å². The molecule has 0 saturated heterocycles. The van der Waals surface area contributed by atoms with E-state index in [2.05, 4.69) is 6.92 Å². The minimum Gasteiger partial charge on any atom is -0.748 e. The topological polar surface area (TPSA) is 77.4 Å². The molecule has 0 aromatic carbocycles. The molecule has 25 heavy (non-hydrogen) atoms. The molecule has 146 valence electrons. The molecule has 6 heteroatoms. The van der Waals surface area contributed by atoms with Crippen LogP contribution in [0.25, 0.3) is 0 Å². The Balaban J connectivity index is 0. The van der Waals surface area contributed by atoms with Crippen LogP contribution in [0.3, 0.4) is 0 Å². The van der Waals surface area contributed by atoms with Crippen molar-refractivity contribution in [3.8, 4) is 0 Å². The van der Waals surface area contributed by atoms with Gasteiger partial charge in [-0.2, -0.15) is 0 Å². The fourth-order valence-electron chi connectivity index (χ4n) is 3.13. The Hall–Kier alpha value is 1.51. The maximum absolute atomic E-state index is 11.4. The first-order valence-electron chi connectivity index (χ1n) is 10.1. The molecule has 0 fully saturated rings. The van der Waals surface area contributed by atoms with Gasteiger partial charge in [-0.05, 0) is 19.3 Å². The van der Waals surface area contributed by atoms with Crippen LogP contribution in [0.15, 0.2) is 0 Å². The predicted octanol–water partition coefficient (Wildman–Crippen LogP) is 2.16. The molecule has 0 amide bonds. The van der Waals surface area contributed by atoms with Crippen molar-refractivity contribution >= 4 is 10.1 Å². The third-order valence-corrected chi connectivity index (χ3v) is 6.01. The quantitative estimate of drug-likeness (QED) is 0.216. The molecule has 0 heterocycles. The molecule has 0 aromatic rings. The summed E-state index contributed by atoms with van der Waals surface area (Å²) in [5, 5.41) is 8.03. The van der Waals surface area contributed by atoms with Crippen LogP contribution in [0.5, 0.6) is 0 Å². The Labute approximate surface area is 199 Å². The Morgan fingerprint density at radius 3 is 1.44 bits per heavy atom. The second kappa shape index (κ2) is 20.2. The van der Waals surface area contributed by atoms with Gasteiger partial charge >= 0.3 is 51.4 Å². The standard InChI is InChI=1S/C19H40O4S.K/c1-2-3-4-10-13-16-19(24(21,22)23)17-14-11-8-6-5-7-9-12-15-18-20;/h19-20H,2-18H2,1H3,(H,21,22,23);/q;+1/p-1. The van der Waals surface area contributed by atoms with Crippen LogP contribution in [0, 0.1) is 0 Å². The van der Waals surface area contributed by atoms with Gasteiger partial charge in [0.25, 0.3) is 0 Å². The normalized spacial score (nSPS) is 12.8. The molecule has 1 unspecified atom stereocenters. The maximum Gasteiger partial charge on any atom is 1.00 e. The number of hydrogen-bond donors (Lipinski definition) is 1. The molecule has 0 spiro atoms. The van der Waals surface area contributed by atoms with Gasteiger partial charge in [-0.1, -0.05) is 90.4 Å². The molecule has 0 aliphatic carbocycles. The van der Waals surface area contributed by atoms with Crippen molar-refractivity contribution in [3.63, 3.8) is 0 Å². The maximum atomic E-state index is 11.4. The molecule has 1 atom stereocenters. The molecule has 0 saturated carbocycles. The first-order valence-corrected chi connectivity index (χ1v) is 11.5. The number of aliphatic hydroxyl groups is 1. The summed E-state index contributed by atoms with van der Waals surface area (Å²) in [5.74, 6) is 0. The van der Waals surface area contributed by atoms with Crippen LogP contribution in [0.2, 0.25) is 0 Å². The minimum atomic E-state index is -4.14. The monoisotopic (exact) mass is 402 g/mol. The third kappa shape index (κ3) is 20.1. The number of aliphatic hydroxyl groups excluding tert-OH is 1. The number of unbranched alkanes of at least 4 members (excludes halogenated alkanes) is 12. The van der Waals surface area contributed by atoms with Crippen LogP contribution in [0.1, 0.15) is 110 Å². The second-order valence-electron chi connectivity index (χ2n) is 7.01. The average Bonchev–Trinajstić information content (AvgIpc) is 2.53. The zero-order valence-corrected chi connectivity index (χ0v) is 20.6. The van der Waals surface area contributed by atoms with E-state index in [9.17, 15) is 13.0 Å². The van der Waals surface area contributed by atoms with Gasteiger partial charge in [-0.25, -0.2) is 8.42 Å². The SMILES string of the molecule is CCCCCCCC(CCCCCCCCCCCO)S(=O)(=O)[O-].[K+]. The largest absolute Gasteiger partial charge is 1.00 e. The molecule has 4 nitrogen and oxygen atoms in total. The smallest absolute Gasteiger partial charge is 0.748 e. The zero-order chi connectivity index (χ0) is 18.1. The van der Waals surface area contributed by atoms with Gasteiger partial charge < -0.3 is 9.66 Å². The second-order valence-corrected chi connectivity index (χ2v) is 8.66. The number of hydrogen-bond acceptors (Lipinski definition) is 4. The van der Waals surface area contributed by atoms with Gasteiger partial charge in [-0.3, -0.25) is 0 Å². The van der Waals surface area contributed by atoms with Gasteiger partial charge in [-0.15, -0.1) is 0 Å². The summed E-state index contributed by atoms with van der Waals surface area (Å²) in [7, 11) is -4.14. The average molecular weight is 403 g/mol. The first-order chi connectivity index (χ1) is 11.5. The molecular formula is C19H39KO4S. The van der Waals surface area contributed by atoms with E-state index >= 15 is 0 Å². The zero-order valence-electron chi connectivity index (χ0n) is 16.7. The van der Waals surface area contributed by atoms with Crippen molar-refractivity contribution in [1.29, 1.82) is 0 Å². The Morgan fingerprint density at radius 1 is 0.720 bits per heavy atom. The summed E-state index contributed by atoms with van der Waals surface area (Å²) >= 11 is 0. The van der Waals surface area contributed by atoms with Crippen LogP contribution in [-0.2, 0) is 10.1 Å². The summed E-state index contributed by atoms with van der Waals surface area (Å²) in [4.78, 5) is 0. The molecule has 0 aromatic heterocycles. The first kappa shape index (κ1) is 28.7. The Bertz CT molecular complexity index is 360. The van der Waals surface area contributed by atoms with E-state index in [0.717, 1.165) is 51.4 Å². The fraction of sp³-hybridized carbons (Fsp3) is 1.00. The van der Waals surface area contributed by atoms with Crippen molar-refractivity contribution < 1.29 is 69.5 Å². The van der Waals surface area contributed by atoms with Gasteiger partial charge in [0.15, 0.2) is 0 Å². The van der Waals surface area contributed by atoms with Crippen molar-refractivity contribution in [1.82, 2.24) is 0 Å². The van der Waals surface area contributed by atoms with E-state index < -0.39 is 15.4 Å². The van der Waals surface area contributed by atoms with E-state index in [4.69, 9.17) is 5.11 Å². The summed E-state index contributed by atoms with van der Waals surface area (Å²) in [6.07, 6.45) is 16.3. The van der Waals surface area contributed by atoms with Gasteiger partial charge in [0, 0.05) is 11.9 Å². The predicted molar refractivity (Wildman–Crippen MR) is 100 cm³/mol. The van der Waals surface area contributed by atoms with E-state index in [0.29, 0.717) is 19.4 Å². The van der Waals surface area contributed by atoms with Crippen molar-refractivity contribution in [3.05, 3.63) is 0 Å². The molecule has 1 N–H and O–H groups in total. The van der Waals surface area contributed by atoms with Gasteiger partial charge in [0.05, 0.1) is 10.1 Å². The molecule has 0 radical (unpaired) electrons.